The average molecular weight is 896 g/mol. The molecule has 1 aromatic heterocycles. The second-order valence-electron chi connectivity index (χ2n) is 18.7. The van der Waals surface area contributed by atoms with Crippen molar-refractivity contribution in [1.29, 1.82) is 0 Å². The zero-order valence-electron chi connectivity index (χ0n) is 38.8. The van der Waals surface area contributed by atoms with Crippen molar-refractivity contribution >= 4 is 0 Å². The topological polar surface area (TPSA) is 47.9 Å². The molecule has 70 heavy (non-hydrogen) atoms. The Kier molecular flexibility index (Phi) is 9.81. The van der Waals surface area contributed by atoms with Crippen LogP contribution in [-0.4, -0.2) is 15.0 Å². The summed E-state index contributed by atoms with van der Waals surface area (Å²) in [6.45, 7) is 4.64. The second-order valence-corrected chi connectivity index (χ2v) is 18.7. The van der Waals surface area contributed by atoms with Crippen molar-refractivity contribution in [3.63, 3.8) is 0 Å². The predicted molar refractivity (Wildman–Crippen MR) is 286 cm³/mol. The summed E-state index contributed by atoms with van der Waals surface area (Å²) in [5.41, 5.74) is 20.4. The summed E-state index contributed by atoms with van der Waals surface area (Å²) in [5, 5.41) is 0. The van der Waals surface area contributed by atoms with Crippen LogP contribution >= 0.6 is 0 Å². The number of fused-ring (bicyclic) bond motifs is 12. The number of rotatable bonds is 5. The number of hydrogen-bond acceptors (Lipinski definition) is 4. The Morgan fingerprint density at radius 1 is 0.257 bits per heavy atom. The van der Waals surface area contributed by atoms with E-state index in [0.29, 0.717) is 17.5 Å². The molecule has 330 valence electrons. The van der Waals surface area contributed by atoms with E-state index in [1.54, 1.807) is 0 Å². The SMILES string of the molecule is CC1(C)c2ccccc2-c2cc3c(cc21)Oc1ccccc1-c1ccccc1-c1ccccc1-c1ccc(-c2nc(-c4ccccc4)nc(-c4cc(-c5ccccc5)cc(-c5ccccc5)c4)n2)cc1-3. The lowest BCUT2D eigenvalue weighted by Crippen LogP contribution is -2.15. The van der Waals surface area contributed by atoms with Gasteiger partial charge in [0.1, 0.15) is 11.5 Å². The van der Waals surface area contributed by atoms with Gasteiger partial charge in [-0.1, -0.05) is 208 Å². The molecule has 13 rings (SSSR count). The van der Waals surface area contributed by atoms with E-state index in [-0.39, 0.29) is 5.41 Å². The summed E-state index contributed by atoms with van der Waals surface area (Å²) in [6, 6.07) is 84.0. The molecule has 0 atom stereocenters. The molecule has 0 radical (unpaired) electrons. The highest BCUT2D eigenvalue weighted by Gasteiger charge is 2.37. The van der Waals surface area contributed by atoms with Crippen molar-refractivity contribution in [1.82, 2.24) is 15.0 Å². The van der Waals surface area contributed by atoms with E-state index >= 15 is 0 Å². The highest BCUT2D eigenvalue weighted by molar-refractivity contribution is 6.00. The van der Waals surface area contributed by atoms with Crippen molar-refractivity contribution in [2.24, 2.45) is 0 Å². The van der Waals surface area contributed by atoms with Gasteiger partial charge in [0.25, 0.3) is 0 Å². The van der Waals surface area contributed by atoms with E-state index in [2.05, 4.69) is 232 Å². The number of ether oxygens (including phenoxy) is 1. The molecular weight excluding hydrogens is 851 g/mol. The molecule has 4 nitrogen and oxygen atoms in total. The zero-order valence-corrected chi connectivity index (χ0v) is 38.8. The maximum atomic E-state index is 7.36. The lowest BCUT2D eigenvalue weighted by Gasteiger charge is -2.24. The lowest BCUT2D eigenvalue weighted by molar-refractivity contribution is 0.484. The fourth-order valence-corrected chi connectivity index (χ4v) is 10.7. The molecule has 0 unspecified atom stereocenters. The van der Waals surface area contributed by atoms with Gasteiger partial charge in [-0.25, -0.2) is 15.0 Å². The minimum Gasteiger partial charge on any atom is -0.456 e. The van der Waals surface area contributed by atoms with Crippen molar-refractivity contribution in [2.45, 2.75) is 19.3 Å². The monoisotopic (exact) mass is 895 g/mol. The highest BCUT2D eigenvalue weighted by Crippen LogP contribution is 2.55. The largest absolute Gasteiger partial charge is 0.456 e. The molecule has 10 aromatic carbocycles. The van der Waals surface area contributed by atoms with Crippen LogP contribution in [0.4, 0.5) is 0 Å². The van der Waals surface area contributed by atoms with E-state index in [0.717, 1.165) is 95.0 Å². The summed E-state index contributed by atoms with van der Waals surface area (Å²) in [5.74, 6) is 3.35. The van der Waals surface area contributed by atoms with Crippen LogP contribution in [0.1, 0.15) is 25.0 Å². The Hall–Kier alpha value is -8.99. The molecule has 0 fully saturated rings. The van der Waals surface area contributed by atoms with Gasteiger partial charge in [0.15, 0.2) is 17.5 Å². The molecule has 1 aliphatic carbocycles. The quantitative estimate of drug-likeness (QED) is 0.173. The summed E-state index contributed by atoms with van der Waals surface area (Å²) in [6.07, 6.45) is 0. The van der Waals surface area contributed by atoms with E-state index in [1.165, 1.54) is 22.3 Å². The van der Waals surface area contributed by atoms with Crippen LogP contribution in [0.25, 0.3) is 112 Å². The van der Waals surface area contributed by atoms with Crippen molar-refractivity contribution in [3.05, 3.63) is 248 Å². The molecule has 2 aliphatic rings. The number of hydrogen-bond donors (Lipinski definition) is 0. The van der Waals surface area contributed by atoms with Crippen LogP contribution in [0.3, 0.4) is 0 Å². The summed E-state index contributed by atoms with van der Waals surface area (Å²) < 4.78 is 7.36. The fourth-order valence-electron chi connectivity index (χ4n) is 10.7. The molecule has 0 amide bonds. The summed E-state index contributed by atoms with van der Waals surface area (Å²) in [4.78, 5) is 16.0. The third kappa shape index (κ3) is 7.03. The molecule has 0 N–H and O–H groups in total. The third-order valence-electron chi connectivity index (χ3n) is 14.2. The highest BCUT2D eigenvalue weighted by atomic mass is 16.5. The molecule has 0 spiro atoms. The van der Waals surface area contributed by atoms with Gasteiger partial charge in [-0.05, 0) is 120 Å². The van der Waals surface area contributed by atoms with Gasteiger partial charge in [0.05, 0.1) is 0 Å². The Balaban J connectivity index is 1.09. The molecule has 2 heterocycles. The van der Waals surface area contributed by atoms with Gasteiger partial charge in [-0.3, -0.25) is 0 Å². The number of nitrogens with zero attached hydrogens (tertiary/aromatic N) is 3. The van der Waals surface area contributed by atoms with Crippen LogP contribution in [0.15, 0.2) is 237 Å². The zero-order chi connectivity index (χ0) is 46.8. The van der Waals surface area contributed by atoms with E-state index in [4.69, 9.17) is 19.7 Å². The minimum absolute atomic E-state index is 0.243. The Morgan fingerprint density at radius 3 is 1.30 bits per heavy atom. The first-order chi connectivity index (χ1) is 34.4. The van der Waals surface area contributed by atoms with Crippen LogP contribution < -0.4 is 4.74 Å². The molecule has 11 aromatic rings. The normalized spacial score (nSPS) is 12.7. The third-order valence-corrected chi connectivity index (χ3v) is 14.2. The number of aromatic nitrogens is 3. The molecular formula is C66H45N3O. The van der Waals surface area contributed by atoms with Gasteiger partial charge in [-0.15, -0.1) is 0 Å². The van der Waals surface area contributed by atoms with Crippen molar-refractivity contribution in [2.75, 3.05) is 0 Å². The van der Waals surface area contributed by atoms with E-state index in [1.807, 2.05) is 18.2 Å². The first-order valence-electron chi connectivity index (χ1n) is 23.9. The van der Waals surface area contributed by atoms with E-state index < -0.39 is 0 Å². The first-order valence-corrected chi connectivity index (χ1v) is 23.9. The number of benzene rings is 10. The van der Waals surface area contributed by atoms with Gasteiger partial charge >= 0.3 is 0 Å². The maximum absolute atomic E-state index is 7.36. The smallest absolute Gasteiger partial charge is 0.164 e. The van der Waals surface area contributed by atoms with Gasteiger partial charge in [-0.2, -0.15) is 0 Å². The maximum Gasteiger partial charge on any atom is 0.164 e. The van der Waals surface area contributed by atoms with E-state index in [9.17, 15) is 0 Å². The Morgan fingerprint density at radius 2 is 0.700 bits per heavy atom. The molecule has 0 saturated carbocycles. The van der Waals surface area contributed by atoms with Crippen LogP contribution in [0, 0.1) is 0 Å². The Labute approximate surface area is 408 Å². The molecule has 0 bridgehead atoms. The minimum atomic E-state index is -0.243. The predicted octanol–water partition coefficient (Wildman–Crippen LogP) is 17.3. The molecule has 4 heteroatoms. The van der Waals surface area contributed by atoms with Crippen LogP contribution in [-0.2, 0) is 5.41 Å². The lowest BCUT2D eigenvalue weighted by atomic mass is 9.81. The summed E-state index contributed by atoms with van der Waals surface area (Å²) >= 11 is 0. The number of para-hydroxylation sites is 1. The molecule has 1 aliphatic heterocycles. The molecule has 0 saturated heterocycles. The fraction of sp³-hybridized carbons (Fsp3) is 0.0455. The van der Waals surface area contributed by atoms with Crippen LogP contribution in [0.2, 0.25) is 0 Å². The second kappa shape index (κ2) is 16.7. The Bertz CT molecular complexity index is 3770. The van der Waals surface area contributed by atoms with Crippen LogP contribution in [0.5, 0.6) is 11.5 Å². The van der Waals surface area contributed by atoms with Crippen molar-refractivity contribution in [3.8, 4) is 124 Å². The average Bonchev–Trinajstić information content (AvgIpc) is 3.64. The van der Waals surface area contributed by atoms with Gasteiger partial charge in [0, 0.05) is 33.2 Å². The van der Waals surface area contributed by atoms with Gasteiger partial charge < -0.3 is 4.74 Å². The van der Waals surface area contributed by atoms with Crippen molar-refractivity contribution < 1.29 is 4.74 Å². The van der Waals surface area contributed by atoms with Gasteiger partial charge in [0.2, 0.25) is 0 Å². The standard InChI is InChI=1S/C66H45N3O/c1-66(2)59-32-18-16-30-54(59)57-40-58-56-39-45(34-35-53(56)51-28-13-12-26-49(51)50-27-14-15-29-52(50)55-31-17-19-33-61(55)70-62(58)41-60(57)66)64-67-63(44-24-10-5-11-25-44)68-65(69-64)48-37-46(42-20-6-3-7-21-42)36-47(38-48)43-22-8-4-9-23-43/h3-41H,1-2H3. The summed E-state index contributed by atoms with van der Waals surface area (Å²) in [7, 11) is 0. The first kappa shape index (κ1) is 41.2.